The number of rotatable bonds is 11. The molecule has 6 heteroatoms. The first-order valence-electron chi connectivity index (χ1n) is 9.66. The molecule has 1 aromatic carbocycles. The number of nitrogens with zero attached hydrogens (tertiary/aromatic N) is 2. The third-order valence-electron chi connectivity index (χ3n) is 4.36. The lowest BCUT2D eigenvalue weighted by molar-refractivity contribution is 0.1000. The number of carbonyl (C=O) groups excluding carboxylic acids is 1. The minimum atomic E-state index is -0.414. The van der Waals surface area contributed by atoms with Gasteiger partial charge in [-0.3, -0.25) is 4.79 Å². The fourth-order valence-electron chi connectivity index (χ4n) is 2.78. The maximum Gasteiger partial charge on any atom is 0.248 e. The molecule has 26 heavy (non-hydrogen) atoms. The number of hydrogen-bond donors (Lipinski definition) is 3. The normalized spacial score (nSPS) is 12.9. The van der Waals surface area contributed by atoms with Crippen LogP contribution in [0.3, 0.4) is 0 Å². The number of aliphatic imine (C=N–C) groups is 1. The molecule has 1 atom stereocenters. The van der Waals surface area contributed by atoms with Crippen molar-refractivity contribution >= 4 is 11.9 Å². The second kappa shape index (κ2) is 12.3. The van der Waals surface area contributed by atoms with E-state index >= 15 is 0 Å². The van der Waals surface area contributed by atoms with Gasteiger partial charge in [0.05, 0.1) is 6.54 Å². The van der Waals surface area contributed by atoms with E-state index in [1.54, 1.807) is 12.1 Å². The Morgan fingerprint density at radius 3 is 2.62 bits per heavy atom. The van der Waals surface area contributed by atoms with E-state index in [0.717, 1.165) is 50.5 Å². The molecule has 0 aromatic heterocycles. The number of primary amides is 1. The smallest absolute Gasteiger partial charge is 0.248 e. The summed E-state index contributed by atoms with van der Waals surface area (Å²) in [4.78, 5) is 18.4. The molecule has 1 unspecified atom stereocenters. The molecule has 0 radical (unpaired) electrons. The Morgan fingerprint density at radius 1 is 1.27 bits per heavy atom. The van der Waals surface area contributed by atoms with E-state index in [9.17, 15) is 4.79 Å². The Labute approximate surface area is 158 Å². The molecule has 6 nitrogen and oxygen atoms in total. The predicted molar refractivity (Wildman–Crippen MR) is 109 cm³/mol. The molecule has 0 aliphatic heterocycles. The van der Waals surface area contributed by atoms with Gasteiger partial charge in [-0.15, -0.1) is 0 Å². The first-order valence-corrected chi connectivity index (χ1v) is 9.66. The largest absolute Gasteiger partial charge is 0.366 e. The fraction of sp³-hybridized carbons (Fsp3) is 0.600. The lowest BCUT2D eigenvalue weighted by Gasteiger charge is -2.21. The van der Waals surface area contributed by atoms with Crippen molar-refractivity contribution in [3.8, 4) is 0 Å². The molecule has 0 aliphatic carbocycles. The number of hydrogen-bond acceptors (Lipinski definition) is 3. The number of nitrogens with one attached hydrogen (secondary N) is 2. The second-order valence-electron chi connectivity index (χ2n) is 6.47. The van der Waals surface area contributed by atoms with Crippen LogP contribution in [0.5, 0.6) is 0 Å². The van der Waals surface area contributed by atoms with Crippen LogP contribution in [-0.4, -0.2) is 49.0 Å². The Bertz CT molecular complexity index is 569. The van der Waals surface area contributed by atoms with Crippen LogP contribution in [0.4, 0.5) is 0 Å². The van der Waals surface area contributed by atoms with Crippen molar-refractivity contribution in [1.29, 1.82) is 0 Å². The van der Waals surface area contributed by atoms with E-state index in [-0.39, 0.29) is 0 Å². The summed E-state index contributed by atoms with van der Waals surface area (Å²) in [6.07, 6.45) is 2.26. The van der Waals surface area contributed by atoms with Gasteiger partial charge in [0.25, 0.3) is 0 Å². The summed E-state index contributed by atoms with van der Waals surface area (Å²) in [5, 5.41) is 6.74. The maximum atomic E-state index is 11.3. The molecule has 1 rings (SSSR count). The number of carbonyl (C=O) groups is 1. The SMILES string of the molecule is CCNC(=NCc1cccc(C(N)=O)c1)NC(C)CCCN(CC)CC. The summed E-state index contributed by atoms with van der Waals surface area (Å²) in [6.45, 7) is 13.3. The molecule has 146 valence electrons. The van der Waals surface area contributed by atoms with Crippen LogP contribution in [0.25, 0.3) is 0 Å². The van der Waals surface area contributed by atoms with Crippen LogP contribution in [0.15, 0.2) is 29.3 Å². The highest BCUT2D eigenvalue weighted by atomic mass is 16.1. The molecule has 0 saturated heterocycles. The molecular weight excluding hydrogens is 326 g/mol. The van der Waals surface area contributed by atoms with Gasteiger partial charge in [-0.05, 0) is 64.0 Å². The molecule has 0 spiro atoms. The van der Waals surface area contributed by atoms with Gasteiger partial charge in [-0.1, -0.05) is 26.0 Å². The van der Waals surface area contributed by atoms with Crippen molar-refractivity contribution in [2.24, 2.45) is 10.7 Å². The molecule has 0 saturated carbocycles. The van der Waals surface area contributed by atoms with Crippen LogP contribution in [-0.2, 0) is 6.54 Å². The summed E-state index contributed by atoms with van der Waals surface area (Å²) < 4.78 is 0. The lowest BCUT2D eigenvalue weighted by Crippen LogP contribution is -2.42. The molecule has 0 aliphatic rings. The highest BCUT2D eigenvalue weighted by molar-refractivity contribution is 5.92. The van der Waals surface area contributed by atoms with Crippen molar-refractivity contribution in [1.82, 2.24) is 15.5 Å². The minimum absolute atomic E-state index is 0.348. The van der Waals surface area contributed by atoms with Crippen LogP contribution < -0.4 is 16.4 Å². The zero-order valence-electron chi connectivity index (χ0n) is 16.7. The molecule has 0 bridgehead atoms. The van der Waals surface area contributed by atoms with Crippen molar-refractivity contribution < 1.29 is 4.79 Å². The third kappa shape index (κ3) is 8.34. The Hall–Kier alpha value is -2.08. The van der Waals surface area contributed by atoms with Crippen LogP contribution in [0.2, 0.25) is 0 Å². The summed E-state index contributed by atoms with van der Waals surface area (Å²) in [6, 6.07) is 7.65. The van der Waals surface area contributed by atoms with Crippen LogP contribution in [0.1, 0.15) is 56.5 Å². The summed E-state index contributed by atoms with van der Waals surface area (Å²) in [5.74, 6) is 0.384. The second-order valence-corrected chi connectivity index (χ2v) is 6.47. The maximum absolute atomic E-state index is 11.3. The molecule has 4 N–H and O–H groups in total. The van der Waals surface area contributed by atoms with E-state index in [2.05, 4.69) is 48.2 Å². The van der Waals surface area contributed by atoms with Gasteiger partial charge in [0, 0.05) is 18.2 Å². The number of nitrogens with two attached hydrogens (primary N) is 1. The van der Waals surface area contributed by atoms with Crippen LogP contribution in [0, 0.1) is 0 Å². The molecule has 1 aromatic rings. The average molecular weight is 362 g/mol. The monoisotopic (exact) mass is 361 g/mol. The van der Waals surface area contributed by atoms with Gasteiger partial charge in [-0.2, -0.15) is 0 Å². The van der Waals surface area contributed by atoms with Crippen molar-refractivity contribution in [2.45, 2.75) is 53.1 Å². The summed E-state index contributed by atoms with van der Waals surface area (Å²) >= 11 is 0. The first-order chi connectivity index (χ1) is 12.5. The average Bonchev–Trinajstić information content (AvgIpc) is 2.63. The van der Waals surface area contributed by atoms with E-state index < -0.39 is 5.91 Å². The summed E-state index contributed by atoms with van der Waals surface area (Å²) in [7, 11) is 0. The van der Waals surface area contributed by atoms with Gasteiger partial charge < -0.3 is 21.3 Å². The zero-order valence-corrected chi connectivity index (χ0v) is 16.7. The fourth-order valence-corrected chi connectivity index (χ4v) is 2.78. The number of benzene rings is 1. The van der Waals surface area contributed by atoms with Crippen LogP contribution >= 0.6 is 0 Å². The van der Waals surface area contributed by atoms with Gasteiger partial charge in [0.15, 0.2) is 5.96 Å². The lowest BCUT2D eigenvalue weighted by atomic mass is 10.1. The van der Waals surface area contributed by atoms with E-state index in [0.29, 0.717) is 18.2 Å². The Morgan fingerprint density at radius 2 is 2.00 bits per heavy atom. The van der Waals surface area contributed by atoms with Gasteiger partial charge in [0.1, 0.15) is 0 Å². The quantitative estimate of drug-likeness (QED) is 0.417. The van der Waals surface area contributed by atoms with E-state index in [4.69, 9.17) is 5.73 Å². The highest BCUT2D eigenvalue weighted by Crippen LogP contribution is 2.06. The minimum Gasteiger partial charge on any atom is -0.366 e. The zero-order chi connectivity index (χ0) is 19.4. The standard InChI is InChI=1S/C20H35N5O/c1-5-22-20(24-16(4)10-9-13-25(6-2)7-3)23-15-17-11-8-12-18(14-17)19(21)26/h8,11-12,14,16H,5-7,9-10,13,15H2,1-4H3,(H2,21,26)(H2,22,23,24). The number of amides is 1. The predicted octanol–water partition coefficient (Wildman–Crippen LogP) is 2.35. The summed E-state index contributed by atoms with van der Waals surface area (Å²) in [5.41, 5.74) is 6.82. The van der Waals surface area contributed by atoms with Crippen molar-refractivity contribution in [2.75, 3.05) is 26.2 Å². The van der Waals surface area contributed by atoms with Crippen molar-refractivity contribution in [3.05, 3.63) is 35.4 Å². The molecule has 0 fully saturated rings. The highest BCUT2D eigenvalue weighted by Gasteiger charge is 2.07. The Balaban J connectivity index is 2.57. The van der Waals surface area contributed by atoms with Crippen molar-refractivity contribution in [3.63, 3.8) is 0 Å². The topological polar surface area (TPSA) is 82.7 Å². The molecule has 1 amide bonds. The van der Waals surface area contributed by atoms with Gasteiger partial charge in [-0.25, -0.2) is 4.99 Å². The Kier molecular flexibility index (Phi) is 10.4. The third-order valence-corrected chi connectivity index (χ3v) is 4.36. The number of guanidine groups is 1. The molecule has 0 heterocycles. The van der Waals surface area contributed by atoms with Gasteiger partial charge >= 0.3 is 0 Å². The molecular formula is C20H35N5O. The van der Waals surface area contributed by atoms with Gasteiger partial charge in [0.2, 0.25) is 5.91 Å². The van der Waals surface area contributed by atoms with E-state index in [1.807, 2.05) is 12.1 Å². The van der Waals surface area contributed by atoms with E-state index in [1.165, 1.54) is 0 Å². The first kappa shape index (κ1) is 22.0.